The van der Waals surface area contributed by atoms with Crippen molar-refractivity contribution in [2.24, 2.45) is 0 Å². The van der Waals surface area contributed by atoms with Crippen LogP contribution in [0.5, 0.6) is 11.5 Å². The van der Waals surface area contributed by atoms with Crippen molar-refractivity contribution in [2.45, 2.75) is 6.92 Å². The second kappa shape index (κ2) is 5.44. The molecule has 98 valence electrons. The number of carbonyl (C=O) groups excluding carboxylic acids is 1. The highest BCUT2D eigenvalue weighted by Gasteiger charge is 2.12. The first-order chi connectivity index (χ1) is 9.11. The van der Waals surface area contributed by atoms with Gasteiger partial charge in [-0.25, -0.2) is 0 Å². The Labute approximate surface area is 111 Å². The summed E-state index contributed by atoms with van der Waals surface area (Å²) >= 11 is 0. The molecule has 0 heterocycles. The molecule has 0 bridgehead atoms. The van der Waals surface area contributed by atoms with Crippen LogP contribution in [0, 0.1) is 6.92 Å². The number of hydrogen-bond donors (Lipinski definition) is 2. The fourth-order valence-electron chi connectivity index (χ4n) is 1.77. The van der Waals surface area contributed by atoms with Crippen LogP contribution in [0.3, 0.4) is 0 Å². The lowest BCUT2D eigenvalue weighted by molar-refractivity contribution is 0.102. The van der Waals surface area contributed by atoms with Crippen molar-refractivity contribution in [1.29, 1.82) is 0 Å². The molecule has 2 rings (SSSR count). The van der Waals surface area contributed by atoms with E-state index in [0.717, 1.165) is 5.56 Å². The van der Waals surface area contributed by atoms with E-state index < -0.39 is 0 Å². The Hall–Kier alpha value is -2.49. The molecular weight excluding hydrogens is 242 g/mol. The molecule has 0 unspecified atom stereocenters. The highest BCUT2D eigenvalue weighted by atomic mass is 16.5. The second-order valence-corrected chi connectivity index (χ2v) is 4.18. The molecule has 0 aromatic heterocycles. The van der Waals surface area contributed by atoms with Gasteiger partial charge in [0.15, 0.2) is 0 Å². The molecule has 2 aromatic carbocycles. The van der Waals surface area contributed by atoms with Crippen molar-refractivity contribution >= 4 is 11.6 Å². The summed E-state index contributed by atoms with van der Waals surface area (Å²) in [6.07, 6.45) is 0. The van der Waals surface area contributed by atoms with Crippen LogP contribution in [-0.4, -0.2) is 18.1 Å². The number of carbonyl (C=O) groups is 1. The predicted octanol–water partition coefficient (Wildman–Crippen LogP) is 2.96. The van der Waals surface area contributed by atoms with Crippen LogP contribution >= 0.6 is 0 Å². The van der Waals surface area contributed by atoms with E-state index in [1.807, 2.05) is 19.1 Å². The molecule has 0 fully saturated rings. The minimum atomic E-state index is -0.373. The zero-order chi connectivity index (χ0) is 13.8. The van der Waals surface area contributed by atoms with E-state index in [-0.39, 0.29) is 17.2 Å². The lowest BCUT2D eigenvalue weighted by atomic mass is 10.1. The number of methoxy groups -OCH3 is 1. The van der Waals surface area contributed by atoms with Crippen molar-refractivity contribution < 1.29 is 14.6 Å². The van der Waals surface area contributed by atoms with Crippen LogP contribution in [0.2, 0.25) is 0 Å². The molecule has 0 saturated heterocycles. The third-order valence-corrected chi connectivity index (χ3v) is 2.75. The topological polar surface area (TPSA) is 58.6 Å². The summed E-state index contributed by atoms with van der Waals surface area (Å²) in [6, 6.07) is 11.9. The predicted molar refractivity (Wildman–Crippen MR) is 73.8 cm³/mol. The number of benzene rings is 2. The fourth-order valence-corrected chi connectivity index (χ4v) is 1.77. The lowest BCUT2D eigenvalue weighted by Crippen LogP contribution is -2.12. The maximum absolute atomic E-state index is 12.1. The average Bonchev–Trinajstić information content (AvgIpc) is 2.39. The molecule has 0 aliphatic heterocycles. The van der Waals surface area contributed by atoms with E-state index in [0.29, 0.717) is 11.4 Å². The smallest absolute Gasteiger partial charge is 0.259 e. The van der Waals surface area contributed by atoms with Crippen LogP contribution in [0.1, 0.15) is 15.9 Å². The molecule has 0 aliphatic carbocycles. The van der Waals surface area contributed by atoms with E-state index in [9.17, 15) is 9.90 Å². The second-order valence-electron chi connectivity index (χ2n) is 4.18. The number of para-hydroxylation sites is 1. The largest absolute Gasteiger partial charge is 0.507 e. The van der Waals surface area contributed by atoms with Gasteiger partial charge >= 0.3 is 0 Å². The van der Waals surface area contributed by atoms with Crippen molar-refractivity contribution in [1.82, 2.24) is 0 Å². The van der Waals surface area contributed by atoms with Crippen LogP contribution in [0.4, 0.5) is 5.69 Å². The van der Waals surface area contributed by atoms with Crippen LogP contribution in [0.25, 0.3) is 0 Å². The molecular formula is C15H15NO3. The zero-order valence-corrected chi connectivity index (χ0v) is 10.8. The molecule has 0 radical (unpaired) electrons. The van der Waals surface area contributed by atoms with Gasteiger partial charge in [0.1, 0.15) is 11.5 Å². The molecule has 1 amide bonds. The minimum Gasteiger partial charge on any atom is -0.507 e. The minimum absolute atomic E-state index is 0.0494. The summed E-state index contributed by atoms with van der Waals surface area (Å²) in [6.45, 7) is 1.93. The van der Waals surface area contributed by atoms with Gasteiger partial charge in [-0.1, -0.05) is 18.2 Å². The van der Waals surface area contributed by atoms with Gasteiger partial charge in [-0.05, 0) is 36.8 Å². The third kappa shape index (κ3) is 2.85. The van der Waals surface area contributed by atoms with E-state index in [2.05, 4.69) is 5.32 Å². The van der Waals surface area contributed by atoms with Gasteiger partial charge in [-0.15, -0.1) is 0 Å². The number of aryl methyl sites for hydroxylation is 1. The lowest BCUT2D eigenvalue weighted by Gasteiger charge is -2.11. The maximum atomic E-state index is 12.1. The Morgan fingerprint density at radius 3 is 2.63 bits per heavy atom. The average molecular weight is 257 g/mol. The molecule has 2 N–H and O–H groups in total. The standard InChI is InChI=1S/C15H15NO3/c1-10-7-8-14(19-2)12(9-10)16-15(18)11-5-3-4-6-13(11)17/h3-9,17H,1-2H3,(H,16,18). The molecule has 2 aromatic rings. The number of amides is 1. The van der Waals surface area contributed by atoms with Crippen LogP contribution in [-0.2, 0) is 0 Å². The molecule has 0 saturated carbocycles. The van der Waals surface area contributed by atoms with Gasteiger partial charge in [0.25, 0.3) is 5.91 Å². The Morgan fingerprint density at radius 2 is 1.95 bits per heavy atom. The normalized spacial score (nSPS) is 10.0. The monoisotopic (exact) mass is 257 g/mol. The zero-order valence-electron chi connectivity index (χ0n) is 10.8. The van der Waals surface area contributed by atoms with Gasteiger partial charge in [0.2, 0.25) is 0 Å². The molecule has 19 heavy (non-hydrogen) atoms. The van der Waals surface area contributed by atoms with Crippen molar-refractivity contribution in [2.75, 3.05) is 12.4 Å². The van der Waals surface area contributed by atoms with E-state index in [1.54, 1.807) is 31.4 Å². The highest BCUT2D eigenvalue weighted by Crippen LogP contribution is 2.26. The molecule has 0 spiro atoms. The number of phenols is 1. The number of anilines is 1. The van der Waals surface area contributed by atoms with E-state index >= 15 is 0 Å². The number of rotatable bonds is 3. The van der Waals surface area contributed by atoms with Crippen LogP contribution < -0.4 is 10.1 Å². The van der Waals surface area contributed by atoms with Gasteiger partial charge in [0, 0.05) is 0 Å². The van der Waals surface area contributed by atoms with E-state index in [1.165, 1.54) is 6.07 Å². The first kappa shape index (κ1) is 13.0. The third-order valence-electron chi connectivity index (χ3n) is 2.75. The Bertz CT molecular complexity index is 608. The number of hydrogen-bond acceptors (Lipinski definition) is 3. The molecule has 4 heteroatoms. The Balaban J connectivity index is 2.29. The van der Waals surface area contributed by atoms with E-state index in [4.69, 9.17) is 4.74 Å². The molecule has 4 nitrogen and oxygen atoms in total. The van der Waals surface area contributed by atoms with Gasteiger partial charge < -0.3 is 15.2 Å². The SMILES string of the molecule is COc1ccc(C)cc1NC(=O)c1ccccc1O. The highest BCUT2D eigenvalue weighted by molar-refractivity contribution is 6.06. The number of aromatic hydroxyl groups is 1. The van der Waals surface area contributed by atoms with Crippen LogP contribution in [0.15, 0.2) is 42.5 Å². The fraction of sp³-hybridized carbons (Fsp3) is 0.133. The molecule has 0 atom stereocenters. The quantitative estimate of drug-likeness (QED) is 0.888. The summed E-state index contributed by atoms with van der Waals surface area (Å²) in [5.74, 6) is 0.156. The number of nitrogens with one attached hydrogen (secondary N) is 1. The molecule has 0 aliphatic rings. The summed E-state index contributed by atoms with van der Waals surface area (Å²) in [5, 5.41) is 12.4. The number of phenolic OH excluding ortho intramolecular Hbond substituents is 1. The van der Waals surface area contributed by atoms with Crippen molar-refractivity contribution in [3.8, 4) is 11.5 Å². The summed E-state index contributed by atoms with van der Waals surface area (Å²) in [4.78, 5) is 12.1. The van der Waals surface area contributed by atoms with Gasteiger partial charge in [-0.3, -0.25) is 4.79 Å². The van der Waals surface area contributed by atoms with Crippen molar-refractivity contribution in [3.05, 3.63) is 53.6 Å². The summed E-state index contributed by atoms with van der Waals surface area (Å²) in [7, 11) is 1.54. The Kier molecular flexibility index (Phi) is 3.71. The first-order valence-electron chi connectivity index (χ1n) is 5.86. The van der Waals surface area contributed by atoms with Crippen molar-refractivity contribution in [3.63, 3.8) is 0 Å². The Morgan fingerprint density at radius 1 is 1.21 bits per heavy atom. The maximum Gasteiger partial charge on any atom is 0.259 e. The van der Waals surface area contributed by atoms with Gasteiger partial charge in [0.05, 0.1) is 18.4 Å². The number of ether oxygens (including phenoxy) is 1. The summed E-state index contributed by atoms with van der Waals surface area (Å²) < 4.78 is 5.19. The van der Waals surface area contributed by atoms with Gasteiger partial charge in [-0.2, -0.15) is 0 Å². The first-order valence-corrected chi connectivity index (χ1v) is 5.86. The summed E-state index contributed by atoms with van der Waals surface area (Å²) in [5.41, 5.74) is 1.81.